The van der Waals surface area contributed by atoms with Crippen LogP contribution in [0.15, 0.2) is 24.3 Å². The Morgan fingerprint density at radius 3 is 2.67 bits per heavy atom. The first-order valence-electron chi connectivity index (χ1n) is 4.25. The molecule has 80 valence electrons. The molecule has 0 aliphatic heterocycles. The third-order valence-electron chi connectivity index (χ3n) is 1.65. The van der Waals surface area contributed by atoms with E-state index in [-0.39, 0.29) is 17.5 Å². The monoisotopic (exact) mass is 214 g/mol. The first-order valence-corrected chi connectivity index (χ1v) is 4.25. The van der Waals surface area contributed by atoms with E-state index in [1.54, 1.807) is 0 Å². The van der Waals surface area contributed by atoms with Crippen molar-refractivity contribution in [2.24, 2.45) is 0 Å². The molecule has 15 heavy (non-hydrogen) atoms. The molecule has 1 rings (SSSR count). The van der Waals surface area contributed by atoms with Gasteiger partial charge in [-0.05, 0) is 17.7 Å². The lowest BCUT2D eigenvalue weighted by Crippen LogP contribution is -2.09. The van der Waals surface area contributed by atoms with Crippen LogP contribution in [0, 0.1) is 0 Å². The molecule has 1 heterocycles. The molecule has 2 nitrogen and oxygen atoms in total. The van der Waals surface area contributed by atoms with Gasteiger partial charge in [0.1, 0.15) is 5.69 Å². The summed E-state index contributed by atoms with van der Waals surface area (Å²) in [4.78, 5) is 14.6. The smallest absolute Gasteiger partial charge is 0.445 e. The minimum Gasteiger partial charge on any atom is -0.445 e. The molecule has 1 aromatic heterocycles. The van der Waals surface area contributed by atoms with Gasteiger partial charge in [-0.1, -0.05) is 6.08 Å². The molecule has 0 fully saturated rings. The standard InChI is InChI=1S/C9H8BF3NO/c1-7(15)9-6-8(3-5-14-9)2-4-10(11,12)13/h2-6H,1H3/q-1/b4-2+. The topological polar surface area (TPSA) is 30.0 Å². The van der Waals surface area contributed by atoms with Gasteiger partial charge in [0.15, 0.2) is 5.78 Å². The highest BCUT2D eigenvalue weighted by atomic mass is 19.4. The Hall–Kier alpha value is -1.59. The lowest BCUT2D eigenvalue weighted by atomic mass is 9.90. The molecule has 0 aliphatic carbocycles. The van der Waals surface area contributed by atoms with Crippen molar-refractivity contribution in [1.29, 1.82) is 0 Å². The molecule has 0 saturated heterocycles. The van der Waals surface area contributed by atoms with Crippen molar-refractivity contribution in [3.8, 4) is 0 Å². The van der Waals surface area contributed by atoms with Crippen LogP contribution in [0.25, 0.3) is 6.08 Å². The predicted molar refractivity (Wildman–Crippen MR) is 52.4 cm³/mol. The zero-order valence-electron chi connectivity index (χ0n) is 7.95. The zero-order chi connectivity index (χ0) is 11.5. The number of carbonyl (C=O) groups is 1. The summed E-state index contributed by atoms with van der Waals surface area (Å²) in [7, 11) is 0. The number of nitrogens with zero attached hydrogens (tertiary/aromatic N) is 1. The average Bonchev–Trinajstić information content (AvgIpc) is 2.14. The number of hydrogen-bond acceptors (Lipinski definition) is 2. The molecule has 0 aromatic carbocycles. The molecule has 1 aromatic rings. The summed E-state index contributed by atoms with van der Waals surface area (Å²) in [5, 5.41) is 0. The fourth-order valence-electron chi connectivity index (χ4n) is 0.963. The van der Waals surface area contributed by atoms with Gasteiger partial charge in [-0.3, -0.25) is 9.78 Å². The molecule has 0 spiro atoms. The molecule has 0 bridgehead atoms. The van der Waals surface area contributed by atoms with Crippen LogP contribution in [0.1, 0.15) is 23.0 Å². The fraction of sp³-hybridized carbons (Fsp3) is 0.111. The van der Waals surface area contributed by atoms with Crippen LogP contribution < -0.4 is 0 Å². The second kappa shape index (κ2) is 4.29. The van der Waals surface area contributed by atoms with E-state index in [0.29, 0.717) is 5.56 Å². The first kappa shape index (κ1) is 11.5. The number of Topliss-reactive ketones (excluding diaryl/α,β-unsaturated/α-hetero) is 1. The number of halogens is 3. The van der Waals surface area contributed by atoms with Crippen LogP contribution >= 0.6 is 0 Å². The molecule has 0 saturated carbocycles. The van der Waals surface area contributed by atoms with E-state index in [1.807, 2.05) is 0 Å². The van der Waals surface area contributed by atoms with Crippen molar-refractivity contribution >= 4 is 18.8 Å². The Balaban J connectivity index is 2.92. The highest BCUT2D eigenvalue weighted by Crippen LogP contribution is 2.13. The molecule has 0 atom stereocenters. The van der Waals surface area contributed by atoms with E-state index < -0.39 is 6.98 Å². The summed E-state index contributed by atoms with van der Waals surface area (Å²) < 4.78 is 35.7. The Morgan fingerprint density at radius 1 is 1.47 bits per heavy atom. The summed E-state index contributed by atoms with van der Waals surface area (Å²) in [5.41, 5.74) is 0.473. The van der Waals surface area contributed by atoms with Crippen LogP contribution in [0.3, 0.4) is 0 Å². The quantitative estimate of drug-likeness (QED) is 0.571. The summed E-state index contributed by atoms with van der Waals surface area (Å²) in [6.45, 7) is -3.63. The average molecular weight is 214 g/mol. The summed E-state index contributed by atoms with van der Waals surface area (Å²) in [6, 6.07) is 2.73. The number of carbonyl (C=O) groups excluding carboxylic acids is 1. The van der Waals surface area contributed by atoms with Gasteiger partial charge >= 0.3 is 6.98 Å². The zero-order valence-corrected chi connectivity index (χ0v) is 7.95. The Morgan fingerprint density at radius 2 is 2.13 bits per heavy atom. The second-order valence-electron chi connectivity index (χ2n) is 3.02. The van der Waals surface area contributed by atoms with Crippen LogP contribution in [0.2, 0.25) is 0 Å². The Bertz CT molecular complexity index is 401. The van der Waals surface area contributed by atoms with Crippen molar-refractivity contribution in [1.82, 2.24) is 4.98 Å². The minimum absolute atomic E-state index is 0.159. The van der Waals surface area contributed by atoms with E-state index in [2.05, 4.69) is 4.98 Å². The summed E-state index contributed by atoms with van der Waals surface area (Å²) >= 11 is 0. The van der Waals surface area contributed by atoms with Crippen molar-refractivity contribution in [3.05, 3.63) is 35.6 Å². The maximum atomic E-state index is 11.9. The van der Waals surface area contributed by atoms with Gasteiger partial charge in [0.05, 0.1) is 0 Å². The predicted octanol–water partition coefficient (Wildman–Crippen LogP) is 2.68. The molecule has 0 unspecified atom stereocenters. The maximum absolute atomic E-state index is 11.9. The highest BCUT2D eigenvalue weighted by molar-refractivity contribution is 6.64. The number of ketones is 1. The third kappa shape index (κ3) is 3.97. The van der Waals surface area contributed by atoms with Gasteiger partial charge in [-0.25, -0.2) is 0 Å². The van der Waals surface area contributed by atoms with E-state index in [0.717, 1.165) is 6.08 Å². The van der Waals surface area contributed by atoms with Crippen LogP contribution in [0.5, 0.6) is 0 Å². The van der Waals surface area contributed by atoms with Crippen LogP contribution in [-0.4, -0.2) is 17.7 Å². The van der Waals surface area contributed by atoms with Gasteiger partial charge in [0.2, 0.25) is 0 Å². The molecule has 0 radical (unpaired) electrons. The molecular weight excluding hydrogens is 206 g/mol. The van der Waals surface area contributed by atoms with E-state index >= 15 is 0 Å². The second-order valence-corrected chi connectivity index (χ2v) is 3.02. The normalized spacial score (nSPS) is 12.0. The molecule has 0 aliphatic rings. The van der Waals surface area contributed by atoms with Gasteiger partial charge < -0.3 is 12.9 Å². The summed E-state index contributed by atoms with van der Waals surface area (Å²) in [5.74, 6) is -0.0954. The summed E-state index contributed by atoms with van der Waals surface area (Å²) in [6.07, 6.45) is 2.23. The van der Waals surface area contributed by atoms with Crippen molar-refractivity contribution in [3.63, 3.8) is 0 Å². The largest absolute Gasteiger partial charge is 0.502 e. The Kier molecular flexibility index (Phi) is 3.29. The lowest BCUT2D eigenvalue weighted by molar-refractivity contribution is 0.101. The van der Waals surface area contributed by atoms with Gasteiger partial charge in [0.25, 0.3) is 0 Å². The number of aromatic nitrogens is 1. The molecule has 0 amide bonds. The van der Waals surface area contributed by atoms with Crippen LogP contribution in [-0.2, 0) is 0 Å². The van der Waals surface area contributed by atoms with Gasteiger partial charge in [0, 0.05) is 13.1 Å². The lowest BCUT2D eigenvalue weighted by Gasteiger charge is -2.06. The van der Waals surface area contributed by atoms with Crippen molar-refractivity contribution in [2.75, 3.05) is 0 Å². The van der Waals surface area contributed by atoms with Gasteiger partial charge in [-0.15, -0.1) is 5.98 Å². The number of rotatable bonds is 3. The third-order valence-corrected chi connectivity index (χ3v) is 1.65. The van der Waals surface area contributed by atoms with Crippen molar-refractivity contribution in [2.45, 2.75) is 6.92 Å². The van der Waals surface area contributed by atoms with Crippen molar-refractivity contribution < 1.29 is 17.7 Å². The highest BCUT2D eigenvalue weighted by Gasteiger charge is 2.16. The minimum atomic E-state index is -4.94. The van der Waals surface area contributed by atoms with E-state index in [9.17, 15) is 17.7 Å². The molecule has 6 heteroatoms. The van der Waals surface area contributed by atoms with E-state index in [1.165, 1.54) is 25.3 Å². The first-order chi connectivity index (χ1) is 6.88. The van der Waals surface area contributed by atoms with E-state index in [4.69, 9.17) is 0 Å². The fourth-order valence-corrected chi connectivity index (χ4v) is 0.963. The maximum Gasteiger partial charge on any atom is 0.502 e. The Labute approximate surface area is 84.9 Å². The SMILES string of the molecule is CC(=O)c1cc(/C=C/[B-](F)(F)F)ccn1. The number of hydrogen-bond donors (Lipinski definition) is 0. The van der Waals surface area contributed by atoms with Gasteiger partial charge in [-0.2, -0.15) is 0 Å². The molecular formula is C9H8BF3NO-. The number of pyridine rings is 1. The van der Waals surface area contributed by atoms with Crippen LogP contribution in [0.4, 0.5) is 12.9 Å². The molecule has 0 N–H and O–H groups in total.